The summed E-state index contributed by atoms with van der Waals surface area (Å²) in [5, 5.41) is 0. The van der Waals surface area contributed by atoms with Crippen LogP contribution in [0.15, 0.2) is 45.5 Å². The zero-order valence-electron chi connectivity index (χ0n) is 8.16. The zero-order valence-corrected chi connectivity index (χ0v) is 9.74. The maximum atomic E-state index is 12.0. The van der Waals surface area contributed by atoms with Gasteiger partial charge in [0, 0.05) is 10.0 Å². The van der Waals surface area contributed by atoms with E-state index in [-0.39, 0.29) is 5.78 Å². The highest BCUT2D eigenvalue weighted by molar-refractivity contribution is 9.10. The average molecular weight is 265 g/mol. The standard InChI is InChI=1S/C12H9BrO2/c1-8-9(4-2-5-10(8)13)12(14)11-6-3-7-15-11/h2-7H,1H3. The van der Waals surface area contributed by atoms with Gasteiger partial charge in [-0.1, -0.05) is 28.1 Å². The lowest BCUT2D eigenvalue weighted by Gasteiger charge is -2.04. The SMILES string of the molecule is Cc1c(Br)cccc1C(=O)c1ccco1. The summed E-state index contributed by atoms with van der Waals surface area (Å²) in [5.74, 6) is 0.287. The van der Waals surface area contributed by atoms with E-state index in [2.05, 4.69) is 15.9 Å². The third-order valence-corrected chi connectivity index (χ3v) is 3.12. The summed E-state index contributed by atoms with van der Waals surface area (Å²) in [6.07, 6.45) is 1.50. The van der Waals surface area contributed by atoms with Crippen LogP contribution in [0, 0.1) is 6.92 Å². The molecule has 0 aliphatic heterocycles. The van der Waals surface area contributed by atoms with E-state index in [4.69, 9.17) is 4.42 Å². The summed E-state index contributed by atoms with van der Waals surface area (Å²) in [6, 6.07) is 8.93. The van der Waals surface area contributed by atoms with Crippen molar-refractivity contribution in [1.29, 1.82) is 0 Å². The molecular weight excluding hydrogens is 256 g/mol. The normalized spacial score (nSPS) is 10.3. The van der Waals surface area contributed by atoms with Crippen molar-refractivity contribution in [1.82, 2.24) is 0 Å². The molecule has 3 heteroatoms. The summed E-state index contributed by atoms with van der Waals surface area (Å²) in [7, 11) is 0. The minimum atomic E-state index is -0.0844. The van der Waals surface area contributed by atoms with Gasteiger partial charge in [-0.3, -0.25) is 4.79 Å². The Kier molecular flexibility index (Phi) is 2.73. The van der Waals surface area contributed by atoms with Crippen LogP contribution in [0.1, 0.15) is 21.7 Å². The number of carbonyl (C=O) groups excluding carboxylic acids is 1. The van der Waals surface area contributed by atoms with Crippen molar-refractivity contribution in [3.63, 3.8) is 0 Å². The summed E-state index contributed by atoms with van der Waals surface area (Å²) >= 11 is 3.39. The molecule has 0 amide bonds. The monoisotopic (exact) mass is 264 g/mol. The lowest BCUT2D eigenvalue weighted by Crippen LogP contribution is -2.02. The van der Waals surface area contributed by atoms with Crippen molar-refractivity contribution in [2.45, 2.75) is 6.92 Å². The molecule has 1 aromatic heterocycles. The molecule has 0 spiro atoms. The van der Waals surface area contributed by atoms with Crippen LogP contribution in [-0.2, 0) is 0 Å². The van der Waals surface area contributed by atoms with Crippen LogP contribution < -0.4 is 0 Å². The third-order valence-electron chi connectivity index (χ3n) is 2.26. The predicted molar refractivity (Wildman–Crippen MR) is 61.0 cm³/mol. The van der Waals surface area contributed by atoms with E-state index in [1.54, 1.807) is 18.2 Å². The molecule has 76 valence electrons. The lowest BCUT2D eigenvalue weighted by molar-refractivity contribution is 0.101. The molecule has 2 rings (SSSR count). The fourth-order valence-corrected chi connectivity index (χ4v) is 1.76. The summed E-state index contributed by atoms with van der Waals surface area (Å²) < 4.78 is 6.01. The molecule has 0 saturated carbocycles. The molecule has 0 aliphatic rings. The van der Waals surface area contributed by atoms with E-state index in [0.717, 1.165) is 10.0 Å². The van der Waals surface area contributed by atoms with E-state index in [9.17, 15) is 4.79 Å². The van der Waals surface area contributed by atoms with Crippen LogP contribution in [0.5, 0.6) is 0 Å². The number of rotatable bonds is 2. The molecule has 2 aromatic rings. The van der Waals surface area contributed by atoms with Crippen LogP contribution in [0.4, 0.5) is 0 Å². The molecule has 15 heavy (non-hydrogen) atoms. The first-order valence-corrected chi connectivity index (χ1v) is 5.33. The van der Waals surface area contributed by atoms with Crippen molar-refractivity contribution in [2.75, 3.05) is 0 Å². The molecule has 0 fully saturated rings. The quantitative estimate of drug-likeness (QED) is 0.777. The summed E-state index contributed by atoms with van der Waals surface area (Å²) in [6.45, 7) is 1.90. The Morgan fingerprint density at radius 1 is 1.27 bits per heavy atom. The molecule has 2 nitrogen and oxygen atoms in total. The average Bonchev–Trinajstić information content (AvgIpc) is 2.74. The van der Waals surface area contributed by atoms with Crippen LogP contribution in [0.3, 0.4) is 0 Å². The van der Waals surface area contributed by atoms with Crippen LogP contribution in [0.25, 0.3) is 0 Å². The number of furan rings is 1. The highest BCUT2D eigenvalue weighted by Gasteiger charge is 2.14. The number of halogens is 1. The van der Waals surface area contributed by atoms with E-state index >= 15 is 0 Å². The van der Waals surface area contributed by atoms with Gasteiger partial charge >= 0.3 is 0 Å². The van der Waals surface area contributed by atoms with Gasteiger partial charge in [0.1, 0.15) is 0 Å². The molecule has 0 atom stereocenters. The zero-order chi connectivity index (χ0) is 10.8. The van der Waals surface area contributed by atoms with Crippen molar-refractivity contribution < 1.29 is 9.21 Å². The molecule has 0 N–H and O–H groups in total. The number of hydrogen-bond acceptors (Lipinski definition) is 2. The molecule has 1 aromatic carbocycles. The first kappa shape index (κ1) is 10.2. The van der Waals surface area contributed by atoms with Gasteiger partial charge in [-0.15, -0.1) is 0 Å². The Balaban J connectivity index is 2.47. The van der Waals surface area contributed by atoms with Gasteiger partial charge in [0.05, 0.1) is 6.26 Å². The molecule has 0 aliphatic carbocycles. The van der Waals surface area contributed by atoms with Gasteiger partial charge < -0.3 is 4.42 Å². The van der Waals surface area contributed by atoms with E-state index < -0.39 is 0 Å². The van der Waals surface area contributed by atoms with E-state index in [0.29, 0.717) is 11.3 Å². The second kappa shape index (κ2) is 4.03. The van der Waals surface area contributed by atoms with Crippen molar-refractivity contribution in [3.05, 3.63) is 58.0 Å². The van der Waals surface area contributed by atoms with Crippen LogP contribution in [0.2, 0.25) is 0 Å². The third kappa shape index (κ3) is 1.88. The second-order valence-corrected chi connectivity index (χ2v) is 4.07. The maximum absolute atomic E-state index is 12.0. The maximum Gasteiger partial charge on any atom is 0.228 e. The van der Waals surface area contributed by atoms with Crippen molar-refractivity contribution in [3.8, 4) is 0 Å². The van der Waals surface area contributed by atoms with Crippen molar-refractivity contribution in [2.24, 2.45) is 0 Å². The van der Waals surface area contributed by atoms with Crippen LogP contribution >= 0.6 is 15.9 Å². The molecule has 0 saturated heterocycles. The highest BCUT2D eigenvalue weighted by atomic mass is 79.9. The lowest BCUT2D eigenvalue weighted by atomic mass is 10.0. The van der Waals surface area contributed by atoms with Gasteiger partial charge in [0.25, 0.3) is 0 Å². The minimum Gasteiger partial charge on any atom is -0.461 e. The Morgan fingerprint density at radius 2 is 2.07 bits per heavy atom. The number of carbonyl (C=O) groups is 1. The largest absolute Gasteiger partial charge is 0.461 e. The van der Waals surface area contributed by atoms with E-state index in [1.807, 2.05) is 19.1 Å². The summed E-state index contributed by atoms with van der Waals surface area (Å²) in [5.41, 5.74) is 1.60. The van der Waals surface area contributed by atoms with Gasteiger partial charge in [-0.25, -0.2) is 0 Å². The predicted octanol–water partition coefficient (Wildman–Crippen LogP) is 3.58. The van der Waals surface area contributed by atoms with Gasteiger partial charge in [0.15, 0.2) is 5.76 Å². The van der Waals surface area contributed by atoms with E-state index in [1.165, 1.54) is 6.26 Å². The Hall–Kier alpha value is -1.35. The Morgan fingerprint density at radius 3 is 2.73 bits per heavy atom. The molecule has 0 bridgehead atoms. The van der Waals surface area contributed by atoms with Crippen molar-refractivity contribution >= 4 is 21.7 Å². The number of hydrogen-bond donors (Lipinski definition) is 0. The number of ketones is 1. The second-order valence-electron chi connectivity index (χ2n) is 3.22. The smallest absolute Gasteiger partial charge is 0.228 e. The first-order chi connectivity index (χ1) is 7.20. The Bertz CT molecular complexity index is 486. The first-order valence-electron chi connectivity index (χ1n) is 4.53. The minimum absolute atomic E-state index is 0.0844. The molecule has 0 unspecified atom stereocenters. The topological polar surface area (TPSA) is 30.2 Å². The highest BCUT2D eigenvalue weighted by Crippen LogP contribution is 2.21. The van der Waals surface area contributed by atoms with Gasteiger partial charge in [-0.05, 0) is 30.7 Å². The fourth-order valence-electron chi connectivity index (χ4n) is 1.39. The van der Waals surface area contributed by atoms with Gasteiger partial charge in [0.2, 0.25) is 5.78 Å². The fraction of sp³-hybridized carbons (Fsp3) is 0.0833. The van der Waals surface area contributed by atoms with Crippen LogP contribution in [-0.4, -0.2) is 5.78 Å². The number of benzene rings is 1. The molecule has 1 heterocycles. The molecular formula is C12H9BrO2. The Labute approximate surface area is 96.0 Å². The summed E-state index contributed by atoms with van der Waals surface area (Å²) in [4.78, 5) is 12.0. The molecule has 0 radical (unpaired) electrons. The van der Waals surface area contributed by atoms with Gasteiger partial charge in [-0.2, -0.15) is 0 Å².